The first kappa shape index (κ1) is 20.5. The van der Waals surface area contributed by atoms with E-state index in [1.165, 1.54) is 11.8 Å². The third-order valence-electron chi connectivity index (χ3n) is 5.84. The van der Waals surface area contributed by atoms with Gasteiger partial charge in [0.25, 0.3) is 5.91 Å². The lowest BCUT2D eigenvalue weighted by molar-refractivity contribution is 0.0998. The van der Waals surface area contributed by atoms with Crippen LogP contribution in [0, 0.1) is 11.8 Å². The molecule has 0 radical (unpaired) electrons. The first-order valence-electron chi connectivity index (χ1n) is 10.2. The van der Waals surface area contributed by atoms with Crippen molar-refractivity contribution in [2.45, 2.75) is 24.7 Å². The number of pyridine rings is 1. The quantitative estimate of drug-likeness (QED) is 0.696. The van der Waals surface area contributed by atoms with E-state index in [4.69, 9.17) is 22.1 Å². The van der Waals surface area contributed by atoms with Crippen LogP contribution >= 0.6 is 11.6 Å². The smallest absolute Gasteiger partial charge is 0.252 e. The highest BCUT2D eigenvalue weighted by Gasteiger charge is 2.33. The number of halogens is 1. The number of rotatable bonds is 6. The van der Waals surface area contributed by atoms with Crippen LogP contribution in [-0.2, 0) is 10.2 Å². The van der Waals surface area contributed by atoms with Crippen molar-refractivity contribution in [3.8, 4) is 11.8 Å². The van der Waals surface area contributed by atoms with Gasteiger partial charge in [-0.2, -0.15) is 0 Å². The lowest BCUT2D eigenvalue weighted by Gasteiger charge is -2.36. The molecule has 2 aliphatic rings. The molecule has 1 unspecified atom stereocenters. The highest BCUT2D eigenvalue weighted by atomic mass is 35.5. The van der Waals surface area contributed by atoms with Crippen molar-refractivity contribution in [2.24, 2.45) is 5.73 Å². The number of nitrogens with zero attached hydrogens (tertiary/aromatic N) is 2. The van der Waals surface area contributed by atoms with Crippen LogP contribution in [0.15, 0.2) is 36.7 Å². The maximum absolute atomic E-state index is 12.1. The van der Waals surface area contributed by atoms with Crippen molar-refractivity contribution in [2.75, 3.05) is 43.1 Å². The van der Waals surface area contributed by atoms with Gasteiger partial charge in [0, 0.05) is 49.1 Å². The Morgan fingerprint density at radius 2 is 2.13 bits per heavy atom. The van der Waals surface area contributed by atoms with Gasteiger partial charge in [0.1, 0.15) is 0 Å². The minimum Gasteiger partial charge on any atom is -0.381 e. The fourth-order valence-corrected chi connectivity index (χ4v) is 4.37. The first-order valence-corrected chi connectivity index (χ1v) is 10.5. The Morgan fingerprint density at radius 1 is 1.30 bits per heavy atom. The normalized spacial score (nSPS) is 20.9. The summed E-state index contributed by atoms with van der Waals surface area (Å²) in [6.45, 7) is 3.28. The average Bonchev–Trinajstić information content (AvgIpc) is 2.78. The summed E-state index contributed by atoms with van der Waals surface area (Å²) in [6.07, 6.45) is 5.82. The molecule has 1 saturated heterocycles. The van der Waals surface area contributed by atoms with Crippen LogP contribution in [0.25, 0.3) is 0 Å². The third-order valence-corrected chi connectivity index (χ3v) is 6.08. The summed E-state index contributed by atoms with van der Waals surface area (Å²) in [6, 6.07) is 8.01. The van der Waals surface area contributed by atoms with Crippen LogP contribution in [0.1, 0.15) is 35.2 Å². The average molecular weight is 425 g/mol. The number of carbonyl (C=O) groups excluding carboxylic acids is 1. The number of primary amides is 1. The van der Waals surface area contributed by atoms with Gasteiger partial charge in [-0.1, -0.05) is 23.7 Å². The SMILES string of the molecule is NC(=O)c1cncc(NCC2(c3cccc(Cl)c3)CC#CCC2)c1N1CCOCC1. The minimum absolute atomic E-state index is 0.166. The molecule has 1 aliphatic carbocycles. The maximum Gasteiger partial charge on any atom is 0.252 e. The number of nitrogens with two attached hydrogens (primary N) is 1. The number of carbonyl (C=O) groups is 1. The number of aromatic nitrogens is 1. The number of anilines is 2. The van der Waals surface area contributed by atoms with Gasteiger partial charge in [-0.15, -0.1) is 11.8 Å². The fourth-order valence-electron chi connectivity index (χ4n) is 4.18. The summed E-state index contributed by atoms with van der Waals surface area (Å²) >= 11 is 6.29. The predicted octanol–water partition coefficient (Wildman–Crippen LogP) is 3.21. The Morgan fingerprint density at radius 3 is 2.83 bits per heavy atom. The standard InChI is InChI=1S/C23H25ClN4O2/c24-18-6-4-5-17(13-18)23(7-2-1-3-8-23)16-27-20-15-26-14-19(22(25)29)21(20)28-9-11-30-12-10-28/h4-6,13-15,27H,2,7-12,16H2,(H2,25,29). The summed E-state index contributed by atoms with van der Waals surface area (Å²) in [5.74, 6) is 6.01. The van der Waals surface area contributed by atoms with E-state index in [2.05, 4.69) is 33.1 Å². The number of benzene rings is 1. The first-order chi connectivity index (χ1) is 14.6. The van der Waals surface area contributed by atoms with Gasteiger partial charge in [-0.05, 0) is 24.1 Å². The molecule has 1 fully saturated rings. The number of nitrogens with one attached hydrogen (secondary N) is 1. The van der Waals surface area contributed by atoms with E-state index in [-0.39, 0.29) is 5.41 Å². The molecule has 0 spiro atoms. The summed E-state index contributed by atoms with van der Waals surface area (Å²) in [7, 11) is 0. The molecule has 0 saturated carbocycles. The summed E-state index contributed by atoms with van der Waals surface area (Å²) in [5.41, 5.74) is 8.68. The molecule has 3 N–H and O–H groups in total. The molecule has 1 aromatic carbocycles. The van der Waals surface area contributed by atoms with Crippen LogP contribution in [0.3, 0.4) is 0 Å². The number of ether oxygens (including phenoxy) is 1. The second kappa shape index (κ2) is 8.95. The molecule has 7 heteroatoms. The largest absolute Gasteiger partial charge is 0.381 e. The highest BCUT2D eigenvalue weighted by molar-refractivity contribution is 6.30. The summed E-state index contributed by atoms with van der Waals surface area (Å²) in [4.78, 5) is 18.5. The third kappa shape index (κ3) is 4.23. The number of hydrogen-bond acceptors (Lipinski definition) is 5. The van der Waals surface area contributed by atoms with Gasteiger partial charge in [0.2, 0.25) is 0 Å². The fraction of sp³-hybridized carbons (Fsp3) is 0.391. The van der Waals surface area contributed by atoms with Gasteiger partial charge in [-0.3, -0.25) is 9.78 Å². The molecular formula is C23H25ClN4O2. The number of amides is 1. The lowest BCUT2D eigenvalue weighted by Crippen LogP contribution is -2.39. The second-order valence-corrected chi connectivity index (χ2v) is 8.16. The van der Waals surface area contributed by atoms with Crippen LogP contribution in [0.2, 0.25) is 5.02 Å². The molecule has 2 aromatic rings. The Bertz CT molecular complexity index is 994. The van der Waals surface area contributed by atoms with E-state index in [0.717, 1.165) is 35.7 Å². The van der Waals surface area contributed by atoms with E-state index < -0.39 is 5.91 Å². The maximum atomic E-state index is 12.1. The molecular weight excluding hydrogens is 400 g/mol. The molecule has 0 bridgehead atoms. The van der Waals surface area contributed by atoms with Crippen LogP contribution in [0.5, 0.6) is 0 Å². The Hall–Kier alpha value is -2.75. The van der Waals surface area contributed by atoms with Crippen molar-refractivity contribution in [3.63, 3.8) is 0 Å². The van der Waals surface area contributed by atoms with Gasteiger partial charge in [0.05, 0.1) is 36.3 Å². The molecule has 1 amide bonds. The van der Waals surface area contributed by atoms with E-state index in [9.17, 15) is 4.79 Å². The van der Waals surface area contributed by atoms with Gasteiger partial charge < -0.3 is 20.7 Å². The van der Waals surface area contributed by atoms with Crippen molar-refractivity contribution < 1.29 is 9.53 Å². The van der Waals surface area contributed by atoms with Crippen LogP contribution < -0.4 is 16.0 Å². The Kier molecular flexibility index (Phi) is 6.12. The molecule has 1 aliphatic heterocycles. The van der Waals surface area contributed by atoms with Gasteiger partial charge >= 0.3 is 0 Å². The molecule has 4 rings (SSSR count). The Labute approximate surface area is 181 Å². The zero-order chi connectivity index (χ0) is 21.0. The molecule has 1 atom stereocenters. The van der Waals surface area contributed by atoms with E-state index in [0.29, 0.717) is 38.4 Å². The highest BCUT2D eigenvalue weighted by Crippen LogP contribution is 2.38. The van der Waals surface area contributed by atoms with Gasteiger partial charge in [-0.25, -0.2) is 0 Å². The summed E-state index contributed by atoms with van der Waals surface area (Å²) in [5, 5.41) is 4.29. The molecule has 156 valence electrons. The second-order valence-electron chi connectivity index (χ2n) is 7.72. The van der Waals surface area contributed by atoms with Crippen LogP contribution in [-0.4, -0.2) is 43.7 Å². The van der Waals surface area contributed by atoms with Crippen molar-refractivity contribution in [1.29, 1.82) is 0 Å². The van der Waals surface area contributed by atoms with Crippen molar-refractivity contribution in [1.82, 2.24) is 4.98 Å². The Balaban J connectivity index is 1.67. The monoisotopic (exact) mass is 424 g/mol. The topological polar surface area (TPSA) is 80.5 Å². The van der Waals surface area contributed by atoms with Crippen molar-refractivity contribution in [3.05, 3.63) is 52.8 Å². The number of morpholine rings is 1. The minimum atomic E-state index is -0.485. The zero-order valence-electron chi connectivity index (χ0n) is 16.8. The lowest BCUT2D eigenvalue weighted by atomic mass is 9.72. The molecule has 30 heavy (non-hydrogen) atoms. The van der Waals surface area contributed by atoms with Gasteiger partial charge in [0.15, 0.2) is 0 Å². The van der Waals surface area contributed by atoms with Crippen molar-refractivity contribution >= 4 is 28.9 Å². The summed E-state index contributed by atoms with van der Waals surface area (Å²) < 4.78 is 5.48. The molecule has 1 aromatic heterocycles. The predicted molar refractivity (Wildman–Crippen MR) is 119 cm³/mol. The van der Waals surface area contributed by atoms with Crippen LogP contribution in [0.4, 0.5) is 11.4 Å². The van der Waals surface area contributed by atoms with E-state index in [1.807, 2.05) is 18.2 Å². The van der Waals surface area contributed by atoms with E-state index >= 15 is 0 Å². The number of hydrogen-bond donors (Lipinski definition) is 2. The zero-order valence-corrected chi connectivity index (χ0v) is 17.5. The molecule has 6 nitrogen and oxygen atoms in total. The van der Waals surface area contributed by atoms with E-state index in [1.54, 1.807) is 6.20 Å². The molecule has 2 heterocycles.